The average Bonchev–Trinajstić information content (AvgIpc) is 2.36. The van der Waals surface area contributed by atoms with Crippen LogP contribution in [0.4, 0.5) is 4.39 Å². The van der Waals surface area contributed by atoms with Crippen LogP contribution in [0.2, 0.25) is 0 Å². The SMILES string of the molecule is CCCNC(c1cc(C)c(F)c(C)c1)C(C)(C)CC. The molecule has 0 aromatic heterocycles. The van der Waals surface area contributed by atoms with E-state index in [-0.39, 0.29) is 17.3 Å². The van der Waals surface area contributed by atoms with Crippen molar-refractivity contribution in [3.63, 3.8) is 0 Å². The standard InChI is InChI=1S/C17H28FN/c1-7-9-19-16(17(5,6)8-2)14-10-12(3)15(18)13(4)11-14/h10-11,16,19H,7-9H2,1-6H3. The van der Waals surface area contributed by atoms with Crippen LogP contribution in [0, 0.1) is 25.1 Å². The lowest BCUT2D eigenvalue weighted by Gasteiger charge is -2.35. The molecule has 1 N–H and O–H groups in total. The third-order valence-corrected chi connectivity index (χ3v) is 4.08. The van der Waals surface area contributed by atoms with Crippen LogP contribution in [0.15, 0.2) is 12.1 Å². The van der Waals surface area contributed by atoms with Gasteiger partial charge in [0.25, 0.3) is 0 Å². The Morgan fingerprint density at radius 1 is 1.16 bits per heavy atom. The van der Waals surface area contributed by atoms with Crippen molar-refractivity contribution in [3.8, 4) is 0 Å². The van der Waals surface area contributed by atoms with E-state index in [1.807, 2.05) is 26.0 Å². The summed E-state index contributed by atoms with van der Waals surface area (Å²) in [5.41, 5.74) is 2.85. The Labute approximate surface area is 117 Å². The molecule has 0 aliphatic carbocycles. The third kappa shape index (κ3) is 3.79. The molecule has 1 aromatic carbocycles. The summed E-state index contributed by atoms with van der Waals surface area (Å²) in [6.45, 7) is 13.6. The Bertz CT molecular complexity index is 400. The van der Waals surface area contributed by atoms with Gasteiger partial charge in [0.15, 0.2) is 0 Å². The molecule has 0 heterocycles. The number of benzene rings is 1. The Hall–Kier alpha value is -0.890. The highest BCUT2D eigenvalue weighted by molar-refractivity contribution is 5.33. The van der Waals surface area contributed by atoms with Gasteiger partial charge >= 0.3 is 0 Å². The summed E-state index contributed by atoms with van der Waals surface area (Å²) in [5, 5.41) is 3.63. The molecule has 0 saturated heterocycles. The maximum atomic E-state index is 13.8. The molecular weight excluding hydrogens is 237 g/mol. The van der Waals surface area contributed by atoms with Gasteiger partial charge in [-0.25, -0.2) is 4.39 Å². The van der Waals surface area contributed by atoms with Crippen molar-refractivity contribution in [2.24, 2.45) is 5.41 Å². The summed E-state index contributed by atoms with van der Waals surface area (Å²) >= 11 is 0. The number of hydrogen-bond donors (Lipinski definition) is 1. The second kappa shape index (κ2) is 6.51. The first-order valence-corrected chi connectivity index (χ1v) is 7.33. The van der Waals surface area contributed by atoms with Crippen LogP contribution in [-0.2, 0) is 0 Å². The smallest absolute Gasteiger partial charge is 0.129 e. The van der Waals surface area contributed by atoms with E-state index in [2.05, 4.69) is 33.0 Å². The number of aryl methyl sites for hydroxylation is 2. The van der Waals surface area contributed by atoms with Crippen LogP contribution < -0.4 is 5.32 Å². The van der Waals surface area contributed by atoms with E-state index in [9.17, 15) is 4.39 Å². The van der Waals surface area contributed by atoms with Gasteiger partial charge < -0.3 is 5.32 Å². The van der Waals surface area contributed by atoms with Crippen LogP contribution >= 0.6 is 0 Å². The molecule has 1 rings (SSSR count). The largest absolute Gasteiger partial charge is 0.309 e. The van der Waals surface area contributed by atoms with E-state index >= 15 is 0 Å². The number of nitrogens with one attached hydrogen (secondary N) is 1. The molecule has 0 saturated carbocycles. The zero-order valence-corrected chi connectivity index (χ0v) is 13.2. The van der Waals surface area contributed by atoms with Crippen molar-refractivity contribution >= 4 is 0 Å². The molecule has 0 aliphatic rings. The molecule has 19 heavy (non-hydrogen) atoms. The monoisotopic (exact) mass is 265 g/mol. The van der Waals surface area contributed by atoms with Gasteiger partial charge in [-0.3, -0.25) is 0 Å². The molecule has 0 bridgehead atoms. The zero-order chi connectivity index (χ0) is 14.6. The minimum atomic E-state index is -0.0766. The van der Waals surface area contributed by atoms with E-state index in [1.165, 1.54) is 5.56 Å². The van der Waals surface area contributed by atoms with Gasteiger partial charge in [-0.1, -0.05) is 39.8 Å². The Kier molecular flexibility index (Phi) is 5.54. The lowest BCUT2D eigenvalue weighted by atomic mass is 9.77. The fourth-order valence-electron chi connectivity index (χ4n) is 2.48. The highest BCUT2D eigenvalue weighted by atomic mass is 19.1. The summed E-state index contributed by atoms with van der Waals surface area (Å²) < 4.78 is 13.8. The quantitative estimate of drug-likeness (QED) is 0.770. The van der Waals surface area contributed by atoms with Crippen molar-refractivity contribution in [2.75, 3.05) is 6.54 Å². The van der Waals surface area contributed by atoms with Crippen LogP contribution in [0.1, 0.15) is 63.3 Å². The van der Waals surface area contributed by atoms with Crippen molar-refractivity contribution in [1.29, 1.82) is 0 Å². The van der Waals surface area contributed by atoms with Gasteiger partial charge in [0.1, 0.15) is 5.82 Å². The predicted octanol–water partition coefficient (Wildman–Crippen LogP) is 4.92. The van der Waals surface area contributed by atoms with Gasteiger partial charge in [-0.15, -0.1) is 0 Å². The number of halogens is 1. The van der Waals surface area contributed by atoms with Gasteiger partial charge in [-0.2, -0.15) is 0 Å². The van der Waals surface area contributed by atoms with E-state index < -0.39 is 0 Å². The van der Waals surface area contributed by atoms with Crippen LogP contribution in [0.5, 0.6) is 0 Å². The van der Waals surface area contributed by atoms with Crippen molar-refractivity contribution in [1.82, 2.24) is 5.32 Å². The maximum Gasteiger partial charge on any atom is 0.129 e. The Morgan fingerprint density at radius 2 is 1.68 bits per heavy atom. The molecule has 1 aromatic rings. The highest BCUT2D eigenvalue weighted by Crippen LogP contribution is 2.37. The van der Waals surface area contributed by atoms with E-state index in [4.69, 9.17) is 0 Å². The number of rotatable bonds is 6. The molecule has 2 heteroatoms. The molecular formula is C17H28FN. The van der Waals surface area contributed by atoms with E-state index in [0.29, 0.717) is 0 Å². The lowest BCUT2D eigenvalue weighted by Crippen LogP contribution is -2.34. The zero-order valence-electron chi connectivity index (χ0n) is 13.2. The molecule has 1 nitrogen and oxygen atoms in total. The Morgan fingerprint density at radius 3 is 2.11 bits per heavy atom. The lowest BCUT2D eigenvalue weighted by molar-refractivity contribution is 0.234. The fourth-order valence-corrected chi connectivity index (χ4v) is 2.48. The second-order valence-electron chi connectivity index (χ2n) is 6.20. The summed E-state index contributed by atoms with van der Waals surface area (Å²) in [6, 6.07) is 4.26. The van der Waals surface area contributed by atoms with Crippen molar-refractivity contribution in [3.05, 3.63) is 34.6 Å². The van der Waals surface area contributed by atoms with Crippen molar-refractivity contribution in [2.45, 2.75) is 60.4 Å². The minimum absolute atomic E-state index is 0.0766. The molecule has 0 aliphatic heterocycles. The summed E-state index contributed by atoms with van der Waals surface area (Å²) in [5.74, 6) is -0.0766. The first-order chi connectivity index (χ1) is 8.83. The van der Waals surface area contributed by atoms with E-state index in [1.54, 1.807) is 0 Å². The van der Waals surface area contributed by atoms with Gasteiger partial charge in [0.05, 0.1) is 0 Å². The summed E-state index contributed by atoms with van der Waals surface area (Å²) in [4.78, 5) is 0. The average molecular weight is 265 g/mol. The van der Waals surface area contributed by atoms with Gasteiger partial charge in [0.2, 0.25) is 0 Å². The van der Waals surface area contributed by atoms with Gasteiger partial charge in [-0.05, 0) is 55.3 Å². The van der Waals surface area contributed by atoms with Crippen LogP contribution in [-0.4, -0.2) is 6.54 Å². The van der Waals surface area contributed by atoms with Crippen LogP contribution in [0.3, 0.4) is 0 Å². The highest BCUT2D eigenvalue weighted by Gasteiger charge is 2.29. The molecule has 0 spiro atoms. The first-order valence-electron chi connectivity index (χ1n) is 7.33. The predicted molar refractivity (Wildman–Crippen MR) is 81.0 cm³/mol. The fraction of sp³-hybridized carbons (Fsp3) is 0.647. The van der Waals surface area contributed by atoms with Crippen LogP contribution in [0.25, 0.3) is 0 Å². The molecule has 108 valence electrons. The minimum Gasteiger partial charge on any atom is -0.309 e. The molecule has 1 atom stereocenters. The van der Waals surface area contributed by atoms with E-state index in [0.717, 1.165) is 30.5 Å². The topological polar surface area (TPSA) is 12.0 Å². The molecule has 0 amide bonds. The Balaban J connectivity index is 3.17. The normalized spacial score (nSPS) is 13.6. The molecule has 0 radical (unpaired) electrons. The third-order valence-electron chi connectivity index (χ3n) is 4.08. The summed E-state index contributed by atoms with van der Waals surface area (Å²) in [7, 11) is 0. The summed E-state index contributed by atoms with van der Waals surface area (Å²) in [6.07, 6.45) is 2.19. The second-order valence-corrected chi connectivity index (χ2v) is 6.20. The number of hydrogen-bond acceptors (Lipinski definition) is 1. The molecule has 1 unspecified atom stereocenters. The first kappa shape index (κ1) is 16.2. The molecule has 0 fully saturated rings. The maximum absolute atomic E-state index is 13.8. The van der Waals surface area contributed by atoms with Gasteiger partial charge in [0, 0.05) is 6.04 Å². The van der Waals surface area contributed by atoms with Crippen molar-refractivity contribution < 1.29 is 4.39 Å².